The molecule has 0 unspecified atom stereocenters. The van der Waals surface area contributed by atoms with Gasteiger partial charge >= 0.3 is 6.36 Å². The average molecular weight is 364 g/mol. The van der Waals surface area contributed by atoms with Crippen LogP contribution in [0.25, 0.3) is 5.69 Å². The molecule has 0 saturated heterocycles. The first-order valence-corrected chi connectivity index (χ1v) is 6.91. The zero-order valence-electron chi connectivity index (χ0n) is 11.3. The summed E-state index contributed by atoms with van der Waals surface area (Å²) in [7, 11) is 0. The van der Waals surface area contributed by atoms with E-state index in [1.807, 2.05) is 13.8 Å². The van der Waals surface area contributed by atoms with E-state index in [2.05, 4.69) is 31.0 Å². The van der Waals surface area contributed by atoms with E-state index in [-0.39, 0.29) is 17.5 Å². The maximum absolute atomic E-state index is 12.5. The minimum Gasteiger partial charge on any atom is -0.403 e. The number of alkyl halides is 3. The van der Waals surface area contributed by atoms with E-state index in [1.54, 1.807) is 12.3 Å². The van der Waals surface area contributed by atoms with Crippen LogP contribution < -0.4 is 10.1 Å². The highest BCUT2D eigenvalue weighted by Gasteiger charge is 2.32. The second kappa shape index (κ2) is 5.97. The Morgan fingerprint density at radius 1 is 1.33 bits per heavy atom. The van der Waals surface area contributed by atoms with Crippen LogP contribution in [0.2, 0.25) is 0 Å². The smallest absolute Gasteiger partial charge is 0.403 e. The minimum absolute atomic E-state index is 0.0913. The number of imidazole rings is 1. The van der Waals surface area contributed by atoms with Crippen molar-refractivity contribution in [1.82, 2.24) is 9.55 Å². The number of rotatable bonds is 4. The molecule has 4 nitrogen and oxygen atoms in total. The van der Waals surface area contributed by atoms with E-state index in [4.69, 9.17) is 0 Å². The molecule has 21 heavy (non-hydrogen) atoms. The summed E-state index contributed by atoms with van der Waals surface area (Å²) in [4.78, 5) is 4.10. The van der Waals surface area contributed by atoms with Crippen LogP contribution in [0.1, 0.15) is 13.8 Å². The Bertz CT molecular complexity index is 625. The van der Waals surface area contributed by atoms with Gasteiger partial charge in [0.25, 0.3) is 0 Å². The molecular formula is C13H13BrF3N3O. The molecule has 1 aromatic carbocycles. The second-order valence-corrected chi connectivity index (χ2v) is 5.50. The van der Waals surface area contributed by atoms with Crippen LogP contribution in [0.5, 0.6) is 5.75 Å². The zero-order valence-corrected chi connectivity index (χ0v) is 12.9. The summed E-state index contributed by atoms with van der Waals surface area (Å²) in [5, 5.41) is 3.06. The van der Waals surface area contributed by atoms with Crippen LogP contribution in [-0.2, 0) is 0 Å². The number of hydrogen-bond donors (Lipinski definition) is 1. The van der Waals surface area contributed by atoms with Gasteiger partial charge in [-0.15, -0.1) is 13.2 Å². The van der Waals surface area contributed by atoms with Crippen molar-refractivity contribution in [3.8, 4) is 11.4 Å². The van der Waals surface area contributed by atoms with Crippen molar-refractivity contribution in [1.29, 1.82) is 0 Å². The van der Waals surface area contributed by atoms with Crippen molar-refractivity contribution >= 4 is 21.9 Å². The van der Waals surface area contributed by atoms with Gasteiger partial charge in [0.15, 0.2) is 5.75 Å². The van der Waals surface area contributed by atoms with Gasteiger partial charge < -0.3 is 10.1 Å². The second-order valence-electron chi connectivity index (χ2n) is 4.58. The number of aromatic nitrogens is 2. The quantitative estimate of drug-likeness (QED) is 0.877. The van der Waals surface area contributed by atoms with E-state index >= 15 is 0 Å². The zero-order chi connectivity index (χ0) is 15.6. The molecule has 0 aliphatic rings. The van der Waals surface area contributed by atoms with Gasteiger partial charge in [0.2, 0.25) is 5.95 Å². The molecule has 1 heterocycles. The lowest BCUT2D eigenvalue weighted by molar-refractivity contribution is -0.274. The number of benzene rings is 1. The van der Waals surface area contributed by atoms with Crippen molar-refractivity contribution in [2.24, 2.45) is 0 Å². The molecule has 0 amide bonds. The summed E-state index contributed by atoms with van der Waals surface area (Å²) in [5.41, 5.74) is 0.246. The predicted octanol–water partition coefficient (Wildman–Crippen LogP) is 4.35. The first kappa shape index (κ1) is 15.7. The van der Waals surface area contributed by atoms with Gasteiger partial charge in [-0.25, -0.2) is 4.98 Å². The first-order valence-electron chi connectivity index (χ1n) is 6.12. The van der Waals surface area contributed by atoms with E-state index in [9.17, 15) is 13.2 Å². The Hall–Kier alpha value is -1.70. The summed E-state index contributed by atoms with van der Waals surface area (Å²) in [6, 6.07) is 4.52. The summed E-state index contributed by atoms with van der Waals surface area (Å²) < 4.78 is 43.7. The predicted molar refractivity (Wildman–Crippen MR) is 76.7 cm³/mol. The maximum atomic E-state index is 12.5. The lowest BCUT2D eigenvalue weighted by Crippen LogP contribution is -2.19. The standard InChI is InChI=1S/C13H13BrF3N3O/c1-8(2)19-12-18-5-6-20(12)10-4-3-9(14)7-11(10)21-13(15,16)17/h3-8H,1-2H3,(H,18,19). The van der Waals surface area contributed by atoms with Crippen LogP contribution in [-0.4, -0.2) is 22.0 Å². The van der Waals surface area contributed by atoms with E-state index in [0.29, 0.717) is 10.4 Å². The molecule has 1 N–H and O–H groups in total. The van der Waals surface area contributed by atoms with Crippen molar-refractivity contribution in [2.75, 3.05) is 5.32 Å². The van der Waals surface area contributed by atoms with Crippen molar-refractivity contribution in [3.05, 3.63) is 35.1 Å². The fourth-order valence-electron chi connectivity index (χ4n) is 1.76. The highest BCUT2D eigenvalue weighted by molar-refractivity contribution is 9.10. The molecule has 114 valence electrons. The Morgan fingerprint density at radius 3 is 2.67 bits per heavy atom. The summed E-state index contributed by atoms with van der Waals surface area (Å²) in [5.74, 6) is 0.140. The third kappa shape index (κ3) is 4.13. The molecule has 0 fully saturated rings. The van der Waals surface area contributed by atoms with Gasteiger partial charge in [-0.2, -0.15) is 0 Å². The van der Waals surface area contributed by atoms with Crippen molar-refractivity contribution in [2.45, 2.75) is 26.3 Å². The number of hydrogen-bond acceptors (Lipinski definition) is 3. The maximum Gasteiger partial charge on any atom is 0.573 e. The highest BCUT2D eigenvalue weighted by Crippen LogP contribution is 2.33. The Kier molecular flexibility index (Phi) is 4.46. The Balaban J connectivity index is 2.46. The van der Waals surface area contributed by atoms with Gasteiger partial charge in [0.1, 0.15) is 0 Å². The Morgan fingerprint density at radius 2 is 2.05 bits per heavy atom. The number of halogens is 4. The number of anilines is 1. The van der Waals surface area contributed by atoms with Crippen LogP contribution in [0.3, 0.4) is 0 Å². The van der Waals surface area contributed by atoms with Gasteiger partial charge in [-0.1, -0.05) is 15.9 Å². The summed E-state index contributed by atoms with van der Waals surface area (Å²) in [6.07, 6.45) is -1.69. The average Bonchev–Trinajstić information content (AvgIpc) is 2.74. The topological polar surface area (TPSA) is 39.1 Å². The van der Waals surface area contributed by atoms with Crippen LogP contribution in [0, 0.1) is 0 Å². The largest absolute Gasteiger partial charge is 0.573 e. The molecule has 2 aromatic rings. The monoisotopic (exact) mass is 363 g/mol. The van der Waals surface area contributed by atoms with Crippen molar-refractivity contribution < 1.29 is 17.9 Å². The van der Waals surface area contributed by atoms with Crippen LogP contribution in [0.4, 0.5) is 19.1 Å². The molecule has 2 rings (SSSR count). The molecule has 0 spiro atoms. The van der Waals surface area contributed by atoms with Crippen LogP contribution in [0.15, 0.2) is 35.1 Å². The molecule has 0 saturated carbocycles. The molecule has 0 radical (unpaired) electrons. The number of ether oxygens (including phenoxy) is 1. The molecule has 8 heteroatoms. The molecular weight excluding hydrogens is 351 g/mol. The van der Waals surface area contributed by atoms with Gasteiger partial charge in [-0.05, 0) is 32.0 Å². The van der Waals surface area contributed by atoms with E-state index in [0.717, 1.165) is 0 Å². The third-order valence-corrected chi connectivity index (χ3v) is 2.96. The fourth-order valence-corrected chi connectivity index (χ4v) is 2.10. The van der Waals surface area contributed by atoms with Gasteiger partial charge in [-0.3, -0.25) is 4.57 Å². The molecule has 1 aromatic heterocycles. The molecule has 0 aliphatic heterocycles. The van der Waals surface area contributed by atoms with Gasteiger partial charge in [0.05, 0.1) is 5.69 Å². The third-order valence-electron chi connectivity index (χ3n) is 2.47. The van der Waals surface area contributed by atoms with Crippen molar-refractivity contribution in [3.63, 3.8) is 0 Å². The first-order chi connectivity index (χ1) is 9.76. The summed E-state index contributed by atoms with van der Waals surface area (Å²) >= 11 is 3.14. The normalized spacial score (nSPS) is 11.8. The highest BCUT2D eigenvalue weighted by atomic mass is 79.9. The van der Waals surface area contributed by atoms with E-state index in [1.165, 1.54) is 22.9 Å². The number of nitrogens with one attached hydrogen (secondary N) is 1. The SMILES string of the molecule is CC(C)Nc1nccn1-c1ccc(Br)cc1OC(F)(F)F. The van der Waals surface area contributed by atoms with Gasteiger partial charge in [0, 0.05) is 22.9 Å². The summed E-state index contributed by atoms with van der Waals surface area (Å²) in [6.45, 7) is 3.82. The lowest BCUT2D eigenvalue weighted by Gasteiger charge is -2.17. The lowest BCUT2D eigenvalue weighted by atomic mass is 10.3. The minimum atomic E-state index is -4.76. The fraction of sp³-hybridized carbons (Fsp3) is 0.308. The Labute approximate surface area is 128 Å². The number of nitrogens with zero attached hydrogens (tertiary/aromatic N) is 2. The molecule has 0 bridgehead atoms. The molecule has 0 atom stereocenters. The molecule has 0 aliphatic carbocycles. The van der Waals surface area contributed by atoms with Crippen LogP contribution >= 0.6 is 15.9 Å². The van der Waals surface area contributed by atoms with E-state index < -0.39 is 6.36 Å².